The van der Waals surface area contributed by atoms with E-state index in [0.717, 1.165) is 36.3 Å². The lowest BCUT2D eigenvalue weighted by Crippen LogP contribution is -2.44. The van der Waals surface area contributed by atoms with Crippen molar-refractivity contribution in [2.24, 2.45) is 0 Å². The Morgan fingerprint density at radius 2 is 1.82 bits per heavy atom. The van der Waals surface area contributed by atoms with Crippen molar-refractivity contribution in [1.82, 2.24) is 4.90 Å². The molecule has 0 radical (unpaired) electrons. The molecule has 1 heterocycles. The molecule has 1 saturated heterocycles. The molecule has 4 N–H and O–H groups in total. The molecular weight excluding hydrogens is 304 g/mol. The highest BCUT2D eigenvalue weighted by Gasteiger charge is 2.21. The highest BCUT2D eigenvalue weighted by atomic mass is 79.9. The first-order chi connectivity index (χ1) is 8.00. The lowest BCUT2D eigenvalue weighted by molar-refractivity contribution is 0.313. The predicted octanol–water partition coefficient (Wildman–Crippen LogP) is 2.02. The normalized spacial score (nSPS) is 17.5. The Labute approximate surface area is 115 Å². The van der Waals surface area contributed by atoms with Gasteiger partial charge in [0, 0.05) is 26.2 Å². The summed E-state index contributed by atoms with van der Waals surface area (Å²) in [6.07, 6.45) is 0. The summed E-state index contributed by atoms with van der Waals surface area (Å²) < 4.78 is 0.798. The van der Waals surface area contributed by atoms with Gasteiger partial charge >= 0.3 is 0 Å². The van der Waals surface area contributed by atoms with Crippen LogP contribution >= 0.6 is 27.5 Å². The van der Waals surface area contributed by atoms with E-state index >= 15 is 0 Å². The molecule has 0 saturated carbocycles. The third kappa shape index (κ3) is 2.46. The summed E-state index contributed by atoms with van der Waals surface area (Å²) in [6, 6.07) is 1.72. The summed E-state index contributed by atoms with van der Waals surface area (Å²) in [5.41, 5.74) is 14.1. The number of halogens is 2. The molecule has 6 heteroatoms. The summed E-state index contributed by atoms with van der Waals surface area (Å²) in [6.45, 7) is 3.93. The Balaban J connectivity index is 2.35. The molecule has 0 aromatic heterocycles. The molecule has 94 valence electrons. The molecule has 17 heavy (non-hydrogen) atoms. The van der Waals surface area contributed by atoms with Crippen molar-refractivity contribution in [3.05, 3.63) is 15.6 Å². The van der Waals surface area contributed by atoms with Gasteiger partial charge in [0.05, 0.1) is 26.6 Å². The van der Waals surface area contributed by atoms with E-state index in [9.17, 15) is 0 Å². The number of nitrogen functional groups attached to an aromatic ring is 2. The zero-order valence-electron chi connectivity index (χ0n) is 9.71. The molecule has 1 aliphatic rings. The van der Waals surface area contributed by atoms with Gasteiger partial charge in [-0.1, -0.05) is 11.6 Å². The fraction of sp³-hybridized carbons (Fsp3) is 0.455. The quantitative estimate of drug-likeness (QED) is 0.778. The van der Waals surface area contributed by atoms with Crippen molar-refractivity contribution in [1.29, 1.82) is 0 Å². The van der Waals surface area contributed by atoms with Crippen LogP contribution in [0.2, 0.25) is 5.02 Å². The maximum atomic E-state index is 6.03. The van der Waals surface area contributed by atoms with Crippen LogP contribution in [-0.4, -0.2) is 38.1 Å². The monoisotopic (exact) mass is 318 g/mol. The first kappa shape index (κ1) is 12.8. The Hall–Kier alpha value is -0.650. The fourth-order valence-electron chi connectivity index (χ4n) is 1.99. The highest BCUT2D eigenvalue weighted by Crippen LogP contribution is 2.41. The third-order valence-electron chi connectivity index (χ3n) is 3.08. The highest BCUT2D eigenvalue weighted by molar-refractivity contribution is 9.10. The second-order valence-corrected chi connectivity index (χ2v) is 5.51. The third-order valence-corrected chi connectivity index (χ3v) is 4.19. The van der Waals surface area contributed by atoms with Crippen molar-refractivity contribution in [3.8, 4) is 0 Å². The summed E-state index contributed by atoms with van der Waals surface area (Å²) in [7, 11) is 2.12. The molecule has 4 nitrogen and oxygen atoms in total. The van der Waals surface area contributed by atoms with Crippen LogP contribution in [0.5, 0.6) is 0 Å². The lowest BCUT2D eigenvalue weighted by Gasteiger charge is -2.35. The van der Waals surface area contributed by atoms with Gasteiger partial charge in [0.1, 0.15) is 0 Å². The van der Waals surface area contributed by atoms with Gasteiger partial charge in [0.25, 0.3) is 0 Å². The lowest BCUT2D eigenvalue weighted by atomic mass is 10.2. The second kappa shape index (κ2) is 4.92. The van der Waals surface area contributed by atoms with Gasteiger partial charge in [-0.25, -0.2) is 0 Å². The first-order valence-electron chi connectivity index (χ1n) is 5.47. The maximum absolute atomic E-state index is 6.03. The Morgan fingerprint density at radius 1 is 1.24 bits per heavy atom. The number of nitrogens with zero attached hydrogens (tertiary/aromatic N) is 2. The number of benzene rings is 1. The number of anilines is 3. The molecule has 0 atom stereocenters. The van der Waals surface area contributed by atoms with E-state index in [1.165, 1.54) is 0 Å². The van der Waals surface area contributed by atoms with Gasteiger partial charge in [-0.2, -0.15) is 0 Å². The number of rotatable bonds is 1. The van der Waals surface area contributed by atoms with Gasteiger partial charge in [-0.15, -0.1) is 0 Å². The number of likely N-dealkylation sites (N-methyl/N-ethyl adjacent to an activating group) is 1. The predicted molar refractivity (Wildman–Crippen MR) is 77.7 cm³/mol. The number of nitrogens with two attached hydrogens (primary N) is 2. The van der Waals surface area contributed by atoms with Crippen LogP contribution in [0.25, 0.3) is 0 Å². The smallest absolute Gasteiger partial charge is 0.0767 e. The molecule has 1 aromatic rings. The van der Waals surface area contributed by atoms with Crippen molar-refractivity contribution in [2.75, 3.05) is 49.6 Å². The molecule has 1 aliphatic heterocycles. The van der Waals surface area contributed by atoms with Crippen LogP contribution in [0.1, 0.15) is 0 Å². The van der Waals surface area contributed by atoms with Crippen molar-refractivity contribution < 1.29 is 0 Å². The average Bonchev–Trinajstić information content (AvgIpc) is 2.29. The largest absolute Gasteiger partial charge is 0.397 e. The summed E-state index contributed by atoms with van der Waals surface area (Å²) >= 11 is 9.48. The number of hydrogen-bond acceptors (Lipinski definition) is 4. The van der Waals surface area contributed by atoms with Crippen LogP contribution in [0.4, 0.5) is 17.1 Å². The molecule has 0 spiro atoms. The molecule has 0 amide bonds. The topological polar surface area (TPSA) is 58.5 Å². The van der Waals surface area contributed by atoms with E-state index in [-0.39, 0.29) is 0 Å². The summed E-state index contributed by atoms with van der Waals surface area (Å²) in [5, 5.41) is 0.493. The van der Waals surface area contributed by atoms with Crippen molar-refractivity contribution in [2.45, 2.75) is 0 Å². The standard InChI is InChI=1S/C11H16BrClN4/c1-16-2-4-17(5-3-16)11-8(14)6-7(13)10(15)9(11)12/h6H,2-5,14-15H2,1H3. The van der Waals surface area contributed by atoms with Crippen LogP contribution in [0.15, 0.2) is 10.5 Å². The minimum absolute atomic E-state index is 0.493. The maximum Gasteiger partial charge on any atom is 0.0767 e. The van der Waals surface area contributed by atoms with Crippen molar-refractivity contribution >= 4 is 44.6 Å². The zero-order valence-corrected chi connectivity index (χ0v) is 12.1. The van der Waals surface area contributed by atoms with Crippen LogP contribution < -0.4 is 16.4 Å². The number of hydrogen-bond donors (Lipinski definition) is 2. The van der Waals surface area contributed by atoms with Gasteiger partial charge in [0.2, 0.25) is 0 Å². The minimum atomic E-state index is 0.493. The van der Waals surface area contributed by atoms with Gasteiger partial charge < -0.3 is 21.3 Å². The average molecular weight is 320 g/mol. The van der Waals surface area contributed by atoms with Crippen LogP contribution in [0, 0.1) is 0 Å². The Morgan fingerprint density at radius 3 is 2.41 bits per heavy atom. The molecule has 0 unspecified atom stereocenters. The molecule has 0 bridgehead atoms. The first-order valence-corrected chi connectivity index (χ1v) is 6.64. The van der Waals surface area contributed by atoms with Crippen molar-refractivity contribution in [3.63, 3.8) is 0 Å². The molecule has 1 fully saturated rings. The molecule has 2 rings (SSSR count). The molecular formula is C11H16BrClN4. The summed E-state index contributed by atoms with van der Waals surface area (Å²) in [5.74, 6) is 0. The molecule has 1 aromatic carbocycles. The fourth-order valence-corrected chi connectivity index (χ4v) is 3.01. The van der Waals surface area contributed by atoms with E-state index in [1.807, 2.05) is 0 Å². The number of piperazine rings is 1. The van der Waals surface area contributed by atoms with E-state index in [2.05, 4.69) is 32.8 Å². The minimum Gasteiger partial charge on any atom is -0.397 e. The van der Waals surface area contributed by atoms with Crippen LogP contribution in [-0.2, 0) is 0 Å². The Kier molecular flexibility index (Phi) is 3.70. The molecule has 0 aliphatic carbocycles. The Bertz CT molecular complexity index is 430. The van der Waals surface area contributed by atoms with Gasteiger partial charge in [-0.3, -0.25) is 0 Å². The van der Waals surface area contributed by atoms with Gasteiger partial charge in [0.15, 0.2) is 0 Å². The van der Waals surface area contributed by atoms with Crippen LogP contribution in [0.3, 0.4) is 0 Å². The van der Waals surface area contributed by atoms with E-state index in [4.69, 9.17) is 23.1 Å². The SMILES string of the molecule is CN1CCN(c2c(N)cc(Cl)c(N)c2Br)CC1. The van der Waals surface area contributed by atoms with Gasteiger partial charge in [-0.05, 0) is 29.0 Å². The second-order valence-electron chi connectivity index (χ2n) is 4.31. The van der Waals surface area contributed by atoms with E-state index < -0.39 is 0 Å². The van der Waals surface area contributed by atoms with E-state index in [0.29, 0.717) is 16.4 Å². The summed E-state index contributed by atoms with van der Waals surface area (Å²) in [4.78, 5) is 4.53. The zero-order chi connectivity index (χ0) is 12.6. The van der Waals surface area contributed by atoms with E-state index in [1.54, 1.807) is 6.07 Å².